The highest BCUT2D eigenvalue weighted by Gasteiger charge is 2.15. The van der Waals surface area contributed by atoms with Crippen molar-refractivity contribution in [3.63, 3.8) is 0 Å². The molecule has 1 aliphatic heterocycles. The van der Waals surface area contributed by atoms with E-state index < -0.39 is 0 Å². The molecule has 0 spiro atoms. The predicted octanol–water partition coefficient (Wildman–Crippen LogP) is 2.75. The Morgan fingerprint density at radius 2 is 1.79 bits per heavy atom. The second-order valence-electron chi connectivity index (χ2n) is 7.65. The summed E-state index contributed by atoms with van der Waals surface area (Å²) in [6.45, 7) is 5.42. The third-order valence-electron chi connectivity index (χ3n) is 5.59. The number of hydrogen-bond donors (Lipinski definition) is 1. The molecule has 3 aromatic rings. The molecule has 1 N–H and O–H groups in total. The van der Waals surface area contributed by atoms with Crippen LogP contribution >= 0.6 is 0 Å². The molecule has 0 atom stereocenters. The molecule has 0 bridgehead atoms. The van der Waals surface area contributed by atoms with Gasteiger partial charge in [-0.2, -0.15) is 0 Å². The highest BCUT2D eigenvalue weighted by Crippen LogP contribution is 2.21. The first-order valence-electron chi connectivity index (χ1n) is 9.93. The van der Waals surface area contributed by atoms with Crippen LogP contribution in [0.4, 0.5) is 10.1 Å². The molecule has 1 amide bonds. The number of fused-ring (bicyclic) bond motifs is 1. The average molecular weight is 395 g/mol. The first-order chi connectivity index (χ1) is 14.0. The minimum absolute atomic E-state index is 0.268. The van der Waals surface area contributed by atoms with Crippen molar-refractivity contribution >= 4 is 22.6 Å². The Bertz CT molecular complexity index is 1010. The van der Waals surface area contributed by atoms with E-state index in [1.165, 1.54) is 24.3 Å². The second kappa shape index (κ2) is 8.31. The maximum atomic E-state index is 13.0. The molecule has 1 aliphatic rings. The Morgan fingerprint density at radius 1 is 1.07 bits per heavy atom. The van der Waals surface area contributed by atoms with Gasteiger partial charge in [0.05, 0.1) is 11.0 Å². The summed E-state index contributed by atoms with van der Waals surface area (Å²) >= 11 is 0. The Hall–Kier alpha value is -2.77. The number of piperazine rings is 1. The number of halogens is 1. The van der Waals surface area contributed by atoms with Gasteiger partial charge in [-0.15, -0.1) is 0 Å². The number of anilines is 1. The van der Waals surface area contributed by atoms with E-state index in [1.807, 2.05) is 25.2 Å². The van der Waals surface area contributed by atoms with Gasteiger partial charge in [0, 0.05) is 57.4 Å². The monoisotopic (exact) mass is 395 g/mol. The summed E-state index contributed by atoms with van der Waals surface area (Å²) < 4.78 is 15.2. The quantitative estimate of drug-likeness (QED) is 0.722. The van der Waals surface area contributed by atoms with Crippen LogP contribution in [0.15, 0.2) is 42.5 Å². The van der Waals surface area contributed by atoms with Crippen LogP contribution in [-0.4, -0.2) is 65.0 Å². The largest absolute Gasteiger partial charge is 0.331 e. The third kappa shape index (κ3) is 4.46. The molecule has 0 saturated carbocycles. The number of nitrogens with zero attached hydrogens (tertiary/aromatic N) is 4. The van der Waals surface area contributed by atoms with Crippen molar-refractivity contribution in [3.05, 3.63) is 59.7 Å². The predicted molar refractivity (Wildman–Crippen MR) is 113 cm³/mol. The fraction of sp³-hybridized carbons (Fsp3) is 0.364. The highest BCUT2D eigenvalue weighted by atomic mass is 19.1. The van der Waals surface area contributed by atoms with Crippen LogP contribution in [0, 0.1) is 5.82 Å². The minimum atomic E-state index is -0.361. The van der Waals surface area contributed by atoms with Gasteiger partial charge < -0.3 is 19.7 Å². The van der Waals surface area contributed by atoms with Gasteiger partial charge >= 0.3 is 0 Å². The van der Waals surface area contributed by atoms with Crippen LogP contribution in [0.1, 0.15) is 16.2 Å². The van der Waals surface area contributed by atoms with Gasteiger partial charge in [0.2, 0.25) is 0 Å². The summed E-state index contributed by atoms with van der Waals surface area (Å²) in [5, 5.41) is 2.86. The van der Waals surface area contributed by atoms with Crippen molar-refractivity contribution in [3.8, 4) is 0 Å². The summed E-state index contributed by atoms with van der Waals surface area (Å²) in [7, 11) is 4.20. The summed E-state index contributed by atoms with van der Waals surface area (Å²) in [6, 6.07) is 11.2. The number of nitrogens with one attached hydrogen (secondary N) is 1. The summed E-state index contributed by atoms with van der Waals surface area (Å²) in [4.78, 5) is 22.0. The van der Waals surface area contributed by atoms with E-state index in [-0.39, 0.29) is 11.7 Å². The Balaban J connectivity index is 1.45. The van der Waals surface area contributed by atoms with Crippen LogP contribution in [0.3, 0.4) is 0 Å². The Morgan fingerprint density at radius 3 is 2.52 bits per heavy atom. The number of imidazole rings is 1. The molecule has 1 saturated heterocycles. The molecule has 1 aromatic heterocycles. The van der Waals surface area contributed by atoms with Crippen LogP contribution in [-0.2, 0) is 13.5 Å². The fourth-order valence-electron chi connectivity index (χ4n) is 3.69. The molecular weight excluding hydrogens is 369 g/mol. The summed E-state index contributed by atoms with van der Waals surface area (Å²) in [5.74, 6) is 0.414. The van der Waals surface area contributed by atoms with Gasteiger partial charge in [0.1, 0.15) is 11.6 Å². The van der Waals surface area contributed by atoms with Gasteiger partial charge in [0.15, 0.2) is 0 Å². The van der Waals surface area contributed by atoms with Crippen LogP contribution in [0.5, 0.6) is 0 Å². The van der Waals surface area contributed by atoms with Crippen molar-refractivity contribution in [2.75, 3.05) is 45.1 Å². The molecule has 4 rings (SSSR count). The smallest absolute Gasteiger partial charge is 0.255 e. The lowest BCUT2D eigenvalue weighted by Crippen LogP contribution is -2.45. The number of likely N-dealkylation sites (N-methyl/N-ethyl adjacent to an activating group) is 1. The zero-order valence-corrected chi connectivity index (χ0v) is 16.9. The lowest BCUT2D eigenvalue weighted by Gasteiger charge is -2.32. The van der Waals surface area contributed by atoms with Gasteiger partial charge in [0.25, 0.3) is 5.91 Å². The van der Waals surface area contributed by atoms with E-state index in [4.69, 9.17) is 4.98 Å². The molecule has 6 nitrogen and oxygen atoms in total. The van der Waals surface area contributed by atoms with Crippen molar-refractivity contribution in [1.82, 2.24) is 19.4 Å². The number of carbonyl (C=O) groups is 1. The highest BCUT2D eigenvalue weighted by molar-refractivity contribution is 6.04. The second-order valence-corrected chi connectivity index (χ2v) is 7.65. The Kier molecular flexibility index (Phi) is 5.60. The van der Waals surface area contributed by atoms with Crippen molar-refractivity contribution in [1.29, 1.82) is 0 Å². The minimum Gasteiger partial charge on any atom is -0.331 e. The number of rotatable bonds is 5. The van der Waals surface area contributed by atoms with Gasteiger partial charge in [-0.1, -0.05) is 0 Å². The van der Waals surface area contributed by atoms with Gasteiger partial charge in [-0.05, 0) is 49.5 Å². The maximum absolute atomic E-state index is 13.0. The topological polar surface area (TPSA) is 53.4 Å². The van der Waals surface area contributed by atoms with Crippen LogP contribution < -0.4 is 5.32 Å². The Labute approximate surface area is 169 Å². The number of aryl methyl sites for hydroxylation is 1. The summed E-state index contributed by atoms with van der Waals surface area (Å²) in [6.07, 6.45) is 0.895. The zero-order chi connectivity index (χ0) is 20.4. The molecule has 0 unspecified atom stereocenters. The zero-order valence-electron chi connectivity index (χ0n) is 16.9. The van der Waals surface area contributed by atoms with Crippen LogP contribution in [0.2, 0.25) is 0 Å². The van der Waals surface area contributed by atoms with E-state index in [2.05, 4.69) is 26.7 Å². The molecule has 152 valence electrons. The lowest BCUT2D eigenvalue weighted by molar-refractivity contribution is 0.102. The number of amides is 1. The molecule has 0 radical (unpaired) electrons. The lowest BCUT2D eigenvalue weighted by atomic mass is 10.2. The van der Waals surface area contributed by atoms with Crippen molar-refractivity contribution in [2.45, 2.75) is 6.42 Å². The molecule has 1 fully saturated rings. The van der Waals surface area contributed by atoms with E-state index in [1.54, 1.807) is 0 Å². The third-order valence-corrected chi connectivity index (χ3v) is 5.59. The molecule has 7 heteroatoms. The van der Waals surface area contributed by atoms with E-state index in [0.29, 0.717) is 11.3 Å². The number of carbonyl (C=O) groups excluding carboxylic acids is 1. The van der Waals surface area contributed by atoms with Crippen molar-refractivity contribution in [2.24, 2.45) is 7.05 Å². The molecule has 2 aromatic carbocycles. The number of aromatic nitrogens is 2. The average Bonchev–Trinajstić information content (AvgIpc) is 3.03. The standard InChI is InChI=1S/C22H26FN5O/c1-26-11-13-28(14-12-26)10-9-21-25-19-15-18(7-8-20(19)27(21)2)24-22(29)16-3-5-17(23)6-4-16/h3-8,15H,9-14H2,1-2H3,(H,24,29). The molecular formula is C22H26FN5O. The number of benzene rings is 2. The SMILES string of the molecule is CN1CCN(CCc2nc3cc(NC(=O)c4ccc(F)cc4)ccc3n2C)CC1. The van der Waals surface area contributed by atoms with Crippen molar-refractivity contribution < 1.29 is 9.18 Å². The van der Waals surface area contributed by atoms with E-state index in [0.717, 1.165) is 56.0 Å². The maximum Gasteiger partial charge on any atom is 0.255 e. The van der Waals surface area contributed by atoms with Crippen LogP contribution in [0.25, 0.3) is 11.0 Å². The molecule has 0 aliphatic carbocycles. The molecule has 29 heavy (non-hydrogen) atoms. The van der Waals surface area contributed by atoms with E-state index >= 15 is 0 Å². The van der Waals surface area contributed by atoms with E-state index in [9.17, 15) is 9.18 Å². The summed E-state index contributed by atoms with van der Waals surface area (Å²) in [5.41, 5.74) is 2.99. The normalized spacial score (nSPS) is 15.7. The molecule has 2 heterocycles. The fourth-order valence-corrected chi connectivity index (χ4v) is 3.69. The number of hydrogen-bond acceptors (Lipinski definition) is 4. The van der Waals surface area contributed by atoms with Gasteiger partial charge in [-0.3, -0.25) is 4.79 Å². The first-order valence-corrected chi connectivity index (χ1v) is 9.93. The first kappa shape index (κ1) is 19.5. The van der Waals surface area contributed by atoms with Gasteiger partial charge in [-0.25, -0.2) is 9.37 Å².